The predicted molar refractivity (Wildman–Crippen MR) is 108 cm³/mol. The summed E-state index contributed by atoms with van der Waals surface area (Å²) in [5.41, 5.74) is 2.83. The number of aromatic nitrogens is 2. The summed E-state index contributed by atoms with van der Waals surface area (Å²) < 4.78 is 13.3. The van der Waals surface area contributed by atoms with E-state index in [1.54, 1.807) is 24.4 Å². The summed E-state index contributed by atoms with van der Waals surface area (Å²) in [6.45, 7) is 2.27. The average Bonchev–Trinajstić information content (AvgIpc) is 2.70. The first-order valence-corrected chi connectivity index (χ1v) is 9.24. The fourth-order valence-corrected chi connectivity index (χ4v) is 3.24. The Morgan fingerprint density at radius 1 is 0.852 bits per heavy atom. The molecule has 0 radical (unpaired) electrons. The quantitative estimate of drug-likeness (QED) is 0.661. The summed E-state index contributed by atoms with van der Waals surface area (Å²) >= 11 is 0. The van der Waals surface area contributed by atoms with Gasteiger partial charge in [-0.05, 0) is 67.8 Å². The van der Waals surface area contributed by atoms with Crippen LogP contribution in [0.1, 0.15) is 19.3 Å². The Kier molecular flexibility index (Phi) is 5.14. The van der Waals surface area contributed by atoms with Crippen LogP contribution in [0, 0.1) is 5.82 Å². The van der Waals surface area contributed by atoms with Crippen LogP contribution >= 0.6 is 0 Å². The van der Waals surface area contributed by atoms with Crippen LogP contribution in [0.5, 0.6) is 0 Å². The topological polar surface area (TPSA) is 53.1 Å². The lowest BCUT2D eigenvalue weighted by Gasteiger charge is -2.28. The summed E-state index contributed by atoms with van der Waals surface area (Å²) in [4.78, 5) is 11.1. The van der Waals surface area contributed by atoms with Crippen LogP contribution < -0.4 is 15.5 Å². The zero-order chi connectivity index (χ0) is 18.5. The van der Waals surface area contributed by atoms with Gasteiger partial charge in [0, 0.05) is 36.3 Å². The first kappa shape index (κ1) is 17.3. The molecule has 27 heavy (non-hydrogen) atoms. The first-order chi connectivity index (χ1) is 13.3. The molecule has 1 fully saturated rings. The molecular formula is C21H22FN5. The molecule has 2 aromatic carbocycles. The normalized spacial score (nSPS) is 14.0. The highest BCUT2D eigenvalue weighted by Crippen LogP contribution is 2.23. The average molecular weight is 363 g/mol. The van der Waals surface area contributed by atoms with E-state index in [9.17, 15) is 4.39 Å². The van der Waals surface area contributed by atoms with Crippen molar-refractivity contribution in [2.24, 2.45) is 0 Å². The van der Waals surface area contributed by atoms with E-state index >= 15 is 0 Å². The lowest BCUT2D eigenvalue weighted by atomic mass is 10.1. The molecule has 0 atom stereocenters. The van der Waals surface area contributed by atoms with Crippen LogP contribution in [0.25, 0.3) is 0 Å². The van der Waals surface area contributed by atoms with E-state index in [-0.39, 0.29) is 5.82 Å². The summed E-state index contributed by atoms with van der Waals surface area (Å²) in [7, 11) is 0. The van der Waals surface area contributed by atoms with Gasteiger partial charge in [0.1, 0.15) is 11.6 Å². The van der Waals surface area contributed by atoms with E-state index < -0.39 is 0 Å². The van der Waals surface area contributed by atoms with E-state index in [4.69, 9.17) is 0 Å². The highest BCUT2D eigenvalue weighted by molar-refractivity contribution is 5.62. The fraction of sp³-hybridized carbons (Fsp3) is 0.238. The maximum absolute atomic E-state index is 13.3. The molecule has 2 heterocycles. The number of nitrogens with zero attached hydrogens (tertiary/aromatic N) is 3. The number of rotatable bonds is 5. The molecule has 0 unspecified atom stereocenters. The maximum atomic E-state index is 13.3. The summed E-state index contributed by atoms with van der Waals surface area (Å²) in [5.74, 6) is 0.785. The van der Waals surface area contributed by atoms with E-state index in [0.717, 1.165) is 18.8 Å². The lowest BCUT2D eigenvalue weighted by molar-refractivity contribution is 0.578. The molecule has 4 rings (SSSR count). The van der Waals surface area contributed by atoms with Crippen molar-refractivity contribution in [3.05, 3.63) is 66.6 Å². The van der Waals surface area contributed by atoms with E-state index in [1.165, 1.54) is 37.1 Å². The van der Waals surface area contributed by atoms with Crippen LogP contribution in [0.3, 0.4) is 0 Å². The number of hydrogen-bond donors (Lipinski definition) is 2. The molecule has 0 amide bonds. The van der Waals surface area contributed by atoms with Crippen molar-refractivity contribution in [2.75, 3.05) is 28.6 Å². The third kappa shape index (κ3) is 4.53. The highest BCUT2D eigenvalue weighted by Gasteiger charge is 2.10. The second kappa shape index (κ2) is 8.03. The maximum Gasteiger partial charge on any atom is 0.229 e. The van der Waals surface area contributed by atoms with Crippen LogP contribution in [-0.2, 0) is 0 Å². The molecule has 0 bridgehead atoms. The smallest absolute Gasteiger partial charge is 0.229 e. The van der Waals surface area contributed by atoms with Crippen LogP contribution in [-0.4, -0.2) is 23.1 Å². The largest absolute Gasteiger partial charge is 0.372 e. The van der Waals surface area contributed by atoms with E-state index in [1.807, 2.05) is 0 Å². The third-order valence-electron chi connectivity index (χ3n) is 4.60. The lowest BCUT2D eigenvalue weighted by Crippen LogP contribution is -2.29. The Hall–Kier alpha value is -3.15. The van der Waals surface area contributed by atoms with Gasteiger partial charge in [-0.2, -0.15) is 4.98 Å². The SMILES string of the molecule is Fc1cccc(Nc2nccc(Nc3ccc(N4CCCCC4)cc3)n2)c1. The van der Waals surface area contributed by atoms with Crippen molar-refractivity contribution in [3.8, 4) is 0 Å². The number of nitrogens with one attached hydrogen (secondary N) is 2. The molecule has 0 aliphatic carbocycles. The zero-order valence-electron chi connectivity index (χ0n) is 15.0. The van der Waals surface area contributed by atoms with Crippen molar-refractivity contribution in [1.29, 1.82) is 0 Å². The van der Waals surface area contributed by atoms with Gasteiger partial charge < -0.3 is 15.5 Å². The molecule has 2 N–H and O–H groups in total. The first-order valence-electron chi connectivity index (χ1n) is 9.24. The Morgan fingerprint density at radius 2 is 1.67 bits per heavy atom. The predicted octanol–water partition coefficient (Wildman–Crippen LogP) is 5.09. The van der Waals surface area contributed by atoms with Gasteiger partial charge in [0.25, 0.3) is 0 Å². The minimum atomic E-state index is -0.303. The number of halogens is 1. The minimum Gasteiger partial charge on any atom is -0.372 e. The van der Waals surface area contributed by atoms with Crippen LogP contribution in [0.4, 0.5) is 33.2 Å². The number of anilines is 5. The number of benzene rings is 2. The third-order valence-corrected chi connectivity index (χ3v) is 4.60. The Bertz CT molecular complexity index is 891. The molecule has 138 valence electrons. The van der Waals surface area contributed by atoms with Crippen LogP contribution in [0.2, 0.25) is 0 Å². The van der Waals surface area contributed by atoms with Gasteiger partial charge in [0.2, 0.25) is 5.95 Å². The Balaban J connectivity index is 1.43. The minimum absolute atomic E-state index is 0.303. The van der Waals surface area contributed by atoms with Crippen molar-refractivity contribution in [3.63, 3.8) is 0 Å². The monoisotopic (exact) mass is 363 g/mol. The number of piperidine rings is 1. The molecule has 6 heteroatoms. The molecule has 0 saturated carbocycles. The van der Waals surface area contributed by atoms with Crippen molar-refractivity contribution in [2.45, 2.75) is 19.3 Å². The van der Waals surface area contributed by atoms with Gasteiger partial charge in [-0.25, -0.2) is 9.37 Å². The Morgan fingerprint density at radius 3 is 2.44 bits per heavy atom. The van der Waals surface area contributed by atoms with E-state index in [0.29, 0.717) is 17.5 Å². The summed E-state index contributed by atoms with van der Waals surface area (Å²) in [5, 5.41) is 6.30. The van der Waals surface area contributed by atoms with Gasteiger partial charge in [0.05, 0.1) is 0 Å². The van der Waals surface area contributed by atoms with E-state index in [2.05, 4.69) is 49.8 Å². The molecular weight excluding hydrogens is 341 g/mol. The number of hydrogen-bond acceptors (Lipinski definition) is 5. The molecule has 0 spiro atoms. The molecule has 1 saturated heterocycles. The van der Waals surface area contributed by atoms with Crippen molar-refractivity contribution in [1.82, 2.24) is 9.97 Å². The second-order valence-electron chi connectivity index (χ2n) is 6.62. The molecule has 5 nitrogen and oxygen atoms in total. The highest BCUT2D eigenvalue weighted by atomic mass is 19.1. The Labute approximate surface area is 158 Å². The molecule has 1 aliphatic rings. The summed E-state index contributed by atoms with van der Waals surface area (Å²) in [6.07, 6.45) is 5.53. The van der Waals surface area contributed by atoms with Gasteiger partial charge in [-0.3, -0.25) is 0 Å². The van der Waals surface area contributed by atoms with Gasteiger partial charge in [0.15, 0.2) is 0 Å². The second-order valence-corrected chi connectivity index (χ2v) is 6.62. The van der Waals surface area contributed by atoms with Crippen molar-refractivity contribution < 1.29 is 4.39 Å². The van der Waals surface area contributed by atoms with Gasteiger partial charge in [-0.15, -0.1) is 0 Å². The van der Waals surface area contributed by atoms with Gasteiger partial charge >= 0.3 is 0 Å². The van der Waals surface area contributed by atoms with Crippen LogP contribution in [0.15, 0.2) is 60.8 Å². The molecule has 3 aromatic rings. The summed E-state index contributed by atoms with van der Waals surface area (Å²) in [6, 6.07) is 16.4. The van der Waals surface area contributed by atoms with Gasteiger partial charge in [-0.1, -0.05) is 6.07 Å². The zero-order valence-corrected chi connectivity index (χ0v) is 15.0. The molecule has 1 aromatic heterocycles. The standard InChI is InChI=1S/C21H22FN5/c22-16-5-4-6-18(15-16)25-21-23-12-11-20(26-21)24-17-7-9-19(10-8-17)27-13-2-1-3-14-27/h4-12,15H,1-3,13-14H2,(H2,23,24,25,26). The van der Waals surface area contributed by atoms with Crippen molar-refractivity contribution >= 4 is 28.8 Å². The molecule has 1 aliphatic heterocycles. The fourth-order valence-electron chi connectivity index (χ4n) is 3.24.